The topological polar surface area (TPSA) is 96.2 Å². The lowest BCUT2D eigenvalue weighted by molar-refractivity contribution is -0.138. The van der Waals surface area contributed by atoms with Gasteiger partial charge in [-0.3, -0.25) is 9.36 Å². The molecule has 0 N–H and O–H groups in total. The zero-order valence-corrected chi connectivity index (χ0v) is 34.2. The van der Waals surface area contributed by atoms with Crippen molar-refractivity contribution in [1.29, 1.82) is 0 Å². The van der Waals surface area contributed by atoms with Crippen molar-refractivity contribution >= 4 is 80.2 Å². The minimum Gasteiger partial charge on any atom is -0.487 e. The molecular formula is C41H36I2N2O6S. The Hall–Kier alpha value is -4.08. The molecule has 0 amide bonds. The molecule has 8 nitrogen and oxygen atoms in total. The zero-order valence-electron chi connectivity index (χ0n) is 29.0. The summed E-state index contributed by atoms with van der Waals surface area (Å²) in [5.74, 6) is 0.189. The molecule has 4 aromatic carbocycles. The Morgan fingerprint density at radius 3 is 2.13 bits per heavy atom. The number of halogens is 2. The average Bonchev–Trinajstić information content (AvgIpc) is 3.45. The molecule has 0 radical (unpaired) electrons. The van der Waals surface area contributed by atoms with Gasteiger partial charge >= 0.3 is 11.9 Å². The summed E-state index contributed by atoms with van der Waals surface area (Å²) in [5, 5.41) is 0. The molecule has 0 fully saturated rings. The average molecular weight is 939 g/mol. The summed E-state index contributed by atoms with van der Waals surface area (Å²) in [6.45, 7) is 8.63. The van der Waals surface area contributed by atoms with E-state index in [2.05, 4.69) is 59.0 Å². The van der Waals surface area contributed by atoms with Crippen LogP contribution in [0, 0.1) is 7.14 Å². The number of hydrogen-bond acceptors (Lipinski definition) is 8. The normalized spacial score (nSPS) is 14.2. The summed E-state index contributed by atoms with van der Waals surface area (Å²) < 4.78 is 20.8. The van der Waals surface area contributed by atoms with Crippen LogP contribution in [0.25, 0.3) is 11.8 Å². The van der Waals surface area contributed by atoms with Gasteiger partial charge < -0.3 is 14.2 Å². The highest BCUT2D eigenvalue weighted by Crippen LogP contribution is 2.36. The summed E-state index contributed by atoms with van der Waals surface area (Å²) in [5.41, 5.74) is 5.53. The molecule has 52 heavy (non-hydrogen) atoms. The van der Waals surface area contributed by atoms with Crippen molar-refractivity contribution in [2.45, 2.75) is 46.3 Å². The van der Waals surface area contributed by atoms with E-state index in [-0.39, 0.29) is 18.1 Å². The predicted molar refractivity (Wildman–Crippen MR) is 220 cm³/mol. The Kier molecular flexibility index (Phi) is 12.1. The van der Waals surface area contributed by atoms with Crippen LogP contribution < -0.4 is 19.6 Å². The van der Waals surface area contributed by atoms with E-state index in [0.717, 1.165) is 40.7 Å². The van der Waals surface area contributed by atoms with Crippen LogP contribution in [-0.2, 0) is 20.9 Å². The maximum atomic E-state index is 14.4. The quantitative estimate of drug-likeness (QED) is 0.0985. The molecule has 0 saturated carbocycles. The lowest BCUT2D eigenvalue weighted by atomic mass is 9.91. The number of esters is 2. The monoisotopic (exact) mass is 938 g/mol. The van der Waals surface area contributed by atoms with E-state index >= 15 is 0 Å². The van der Waals surface area contributed by atoms with Crippen LogP contribution in [-0.4, -0.2) is 29.7 Å². The van der Waals surface area contributed by atoms with Gasteiger partial charge in [-0.25, -0.2) is 14.6 Å². The van der Waals surface area contributed by atoms with E-state index < -0.39 is 12.0 Å². The van der Waals surface area contributed by atoms with Gasteiger partial charge in [0.1, 0.15) is 12.4 Å². The molecular weight excluding hydrogens is 902 g/mol. The minimum absolute atomic E-state index is 0.187. The number of hydrogen-bond donors (Lipinski definition) is 0. The molecule has 1 aromatic heterocycles. The number of rotatable bonds is 11. The van der Waals surface area contributed by atoms with Gasteiger partial charge in [-0.2, -0.15) is 0 Å². The third kappa shape index (κ3) is 8.11. The number of carbonyl (C=O) groups is 2. The van der Waals surface area contributed by atoms with E-state index in [1.165, 1.54) is 11.3 Å². The molecule has 1 aliphatic heterocycles. The van der Waals surface area contributed by atoms with Crippen molar-refractivity contribution in [1.82, 2.24) is 4.57 Å². The van der Waals surface area contributed by atoms with E-state index in [1.54, 1.807) is 30.5 Å². The van der Waals surface area contributed by atoms with Gasteiger partial charge in [-0.15, -0.1) is 0 Å². The van der Waals surface area contributed by atoms with Gasteiger partial charge in [0.15, 0.2) is 4.80 Å². The Balaban J connectivity index is 1.40. The largest absolute Gasteiger partial charge is 0.487 e. The number of nitrogens with zero attached hydrogens (tertiary/aromatic N) is 2. The van der Waals surface area contributed by atoms with Gasteiger partial charge in [0.05, 0.1) is 47.8 Å². The van der Waals surface area contributed by atoms with Crippen molar-refractivity contribution in [3.05, 3.63) is 157 Å². The van der Waals surface area contributed by atoms with E-state index in [0.29, 0.717) is 45.3 Å². The lowest BCUT2D eigenvalue weighted by Crippen LogP contribution is -2.40. The fraction of sp³-hybridized carbons (Fsp3) is 0.220. The van der Waals surface area contributed by atoms with E-state index in [4.69, 9.17) is 19.2 Å². The van der Waals surface area contributed by atoms with Crippen molar-refractivity contribution in [2.24, 2.45) is 4.99 Å². The van der Waals surface area contributed by atoms with Crippen LogP contribution in [0.2, 0.25) is 0 Å². The van der Waals surface area contributed by atoms with Crippen molar-refractivity contribution in [3.63, 3.8) is 0 Å². The molecule has 0 saturated heterocycles. The number of fused-ring (bicyclic) bond motifs is 1. The summed E-state index contributed by atoms with van der Waals surface area (Å²) in [7, 11) is 0. The second-order valence-electron chi connectivity index (χ2n) is 12.3. The Morgan fingerprint density at radius 2 is 1.52 bits per heavy atom. The van der Waals surface area contributed by atoms with Crippen molar-refractivity contribution in [3.8, 4) is 5.75 Å². The Bertz CT molecular complexity index is 2310. The molecule has 1 atom stereocenters. The third-order valence-corrected chi connectivity index (χ3v) is 11.0. The molecule has 0 unspecified atom stereocenters. The molecule has 0 aliphatic carbocycles. The highest BCUT2D eigenvalue weighted by Gasteiger charge is 2.35. The smallest absolute Gasteiger partial charge is 0.338 e. The summed E-state index contributed by atoms with van der Waals surface area (Å²) in [6, 6.07) is 28.0. The first kappa shape index (κ1) is 37.7. The second-order valence-corrected chi connectivity index (χ2v) is 15.6. The molecule has 1 aliphatic rings. The summed E-state index contributed by atoms with van der Waals surface area (Å²) in [4.78, 5) is 45.7. The number of benzene rings is 4. The Labute approximate surface area is 333 Å². The number of aromatic nitrogens is 1. The van der Waals surface area contributed by atoms with Crippen LogP contribution in [0.5, 0.6) is 5.75 Å². The fourth-order valence-electron chi connectivity index (χ4n) is 5.88. The first-order valence-corrected chi connectivity index (χ1v) is 19.8. The fourth-order valence-corrected chi connectivity index (χ4v) is 9.01. The third-order valence-electron chi connectivity index (χ3n) is 8.46. The highest BCUT2D eigenvalue weighted by molar-refractivity contribution is 14.1. The lowest BCUT2D eigenvalue weighted by Gasteiger charge is -2.26. The maximum absolute atomic E-state index is 14.4. The van der Waals surface area contributed by atoms with Crippen LogP contribution >= 0.6 is 56.5 Å². The Morgan fingerprint density at radius 1 is 0.885 bits per heavy atom. The number of thiazole rings is 1. The standard InChI is InChI=1S/C41H36I2N2O6S/c1-5-49-39(47)30-14-12-25(13-15-30)23-51-37-31(42)20-26(21-32(37)43)22-33-38(46)45-36(29-18-16-27(17-19-29)24(3)4)34(40(48)50-6-2)35(44-41(45)52-33)28-10-8-7-9-11-28/h7-22,24,36H,5-6,23H2,1-4H3/b33-22-/t36-/m1/s1. The predicted octanol–water partition coefficient (Wildman–Crippen LogP) is 8.02. The first-order chi connectivity index (χ1) is 25.1. The SMILES string of the molecule is CCOC(=O)C1=C(c2ccccc2)N=c2s/c(=C\c3cc(I)c(OCc4ccc(C(=O)OCC)cc4)c(I)c3)c(=O)n2[C@@H]1c1ccc(C(C)C)cc1. The first-order valence-electron chi connectivity index (χ1n) is 16.9. The molecule has 6 rings (SSSR count). The van der Waals surface area contributed by atoms with Gasteiger partial charge in [-0.1, -0.05) is 91.9 Å². The number of ether oxygens (including phenoxy) is 3. The van der Waals surface area contributed by atoms with Gasteiger partial charge in [0.2, 0.25) is 0 Å². The van der Waals surface area contributed by atoms with Gasteiger partial charge in [-0.05, 0) is 118 Å². The highest BCUT2D eigenvalue weighted by atomic mass is 127. The van der Waals surface area contributed by atoms with Gasteiger partial charge in [0, 0.05) is 5.56 Å². The minimum atomic E-state index is -0.740. The summed E-state index contributed by atoms with van der Waals surface area (Å²) >= 11 is 5.78. The summed E-state index contributed by atoms with van der Waals surface area (Å²) in [6.07, 6.45) is 1.86. The molecule has 5 aromatic rings. The molecule has 11 heteroatoms. The maximum Gasteiger partial charge on any atom is 0.338 e. The molecule has 0 spiro atoms. The van der Waals surface area contributed by atoms with E-state index in [1.807, 2.05) is 84.9 Å². The van der Waals surface area contributed by atoms with Crippen LogP contribution in [0.4, 0.5) is 0 Å². The molecule has 266 valence electrons. The second kappa shape index (κ2) is 16.7. The van der Waals surface area contributed by atoms with Gasteiger partial charge in [0.25, 0.3) is 5.56 Å². The van der Waals surface area contributed by atoms with Crippen molar-refractivity contribution < 1.29 is 23.8 Å². The number of carbonyl (C=O) groups excluding carboxylic acids is 2. The zero-order chi connectivity index (χ0) is 36.9. The van der Waals surface area contributed by atoms with E-state index in [9.17, 15) is 14.4 Å². The van der Waals surface area contributed by atoms with Crippen LogP contribution in [0.15, 0.2) is 106 Å². The van der Waals surface area contributed by atoms with Crippen LogP contribution in [0.3, 0.4) is 0 Å². The van der Waals surface area contributed by atoms with Crippen LogP contribution in [0.1, 0.15) is 77.8 Å². The van der Waals surface area contributed by atoms with Crippen molar-refractivity contribution in [2.75, 3.05) is 13.2 Å². The molecule has 2 heterocycles. The molecule has 0 bridgehead atoms.